The summed E-state index contributed by atoms with van der Waals surface area (Å²) in [6, 6.07) is 1.01. The summed E-state index contributed by atoms with van der Waals surface area (Å²) >= 11 is 3.07. The van der Waals surface area contributed by atoms with Crippen LogP contribution in [0.4, 0.5) is 14.9 Å². The van der Waals surface area contributed by atoms with Crippen molar-refractivity contribution >= 4 is 39.6 Å². The average Bonchev–Trinajstić information content (AvgIpc) is 2.32. The monoisotopic (exact) mass is 348 g/mol. The van der Waals surface area contributed by atoms with Crippen molar-refractivity contribution < 1.29 is 29.0 Å². The highest BCUT2D eigenvalue weighted by molar-refractivity contribution is 9.10. The number of nitrogens with one attached hydrogen (secondary N) is 2. The zero-order valence-corrected chi connectivity index (χ0v) is 11.5. The first-order valence-corrected chi connectivity index (χ1v) is 6.06. The van der Waals surface area contributed by atoms with Gasteiger partial charge in [0.1, 0.15) is 11.9 Å². The third-order valence-electron chi connectivity index (χ3n) is 2.16. The lowest BCUT2D eigenvalue weighted by Gasteiger charge is -2.14. The molecule has 1 aromatic carbocycles. The lowest BCUT2D eigenvalue weighted by molar-refractivity contribution is -0.145. The van der Waals surface area contributed by atoms with Crippen LogP contribution in [0.25, 0.3) is 0 Å². The average molecular weight is 349 g/mol. The number of aliphatic carboxylic acids is 2. The van der Waals surface area contributed by atoms with E-state index >= 15 is 0 Å². The SMILES string of the molecule is O=C(O)C[C@@H](NC(=O)Nc1cc(F)ccc1Br)C(=O)O. The van der Waals surface area contributed by atoms with Crippen LogP contribution in [-0.2, 0) is 9.59 Å². The van der Waals surface area contributed by atoms with Crippen LogP contribution in [0, 0.1) is 5.82 Å². The maximum atomic E-state index is 13.0. The number of benzene rings is 1. The van der Waals surface area contributed by atoms with Gasteiger partial charge in [-0.05, 0) is 34.1 Å². The molecule has 0 spiro atoms. The number of halogens is 2. The van der Waals surface area contributed by atoms with Crippen LogP contribution < -0.4 is 10.6 Å². The number of carbonyl (C=O) groups is 3. The quantitative estimate of drug-likeness (QED) is 0.645. The Morgan fingerprint density at radius 3 is 2.50 bits per heavy atom. The number of carbonyl (C=O) groups excluding carboxylic acids is 1. The third-order valence-corrected chi connectivity index (χ3v) is 2.85. The Morgan fingerprint density at radius 1 is 1.30 bits per heavy atom. The number of anilines is 1. The second kappa shape index (κ2) is 6.85. The molecule has 1 atom stereocenters. The molecule has 0 aliphatic heterocycles. The number of carboxylic acids is 2. The maximum absolute atomic E-state index is 13.0. The molecule has 0 saturated heterocycles. The van der Waals surface area contributed by atoms with Gasteiger partial charge < -0.3 is 20.8 Å². The lowest BCUT2D eigenvalue weighted by Crippen LogP contribution is -2.44. The predicted octanol–water partition coefficient (Wildman–Crippen LogP) is 1.64. The topological polar surface area (TPSA) is 116 Å². The normalized spacial score (nSPS) is 11.5. The van der Waals surface area contributed by atoms with Gasteiger partial charge in [0.05, 0.1) is 12.1 Å². The Morgan fingerprint density at radius 2 is 1.95 bits per heavy atom. The van der Waals surface area contributed by atoms with Crippen molar-refractivity contribution in [3.05, 3.63) is 28.5 Å². The maximum Gasteiger partial charge on any atom is 0.326 e. The fourth-order valence-electron chi connectivity index (χ4n) is 1.28. The first kappa shape index (κ1) is 15.9. The summed E-state index contributed by atoms with van der Waals surface area (Å²) in [5.74, 6) is -3.45. The molecule has 4 N–H and O–H groups in total. The number of rotatable bonds is 5. The molecule has 0 bridgehead atoms. The summed E-state index contributed by atoms with van der Waals surface area (Å²) < 4.78 is 13.4. The van der Waals surface area contributed by atoms with E-state index in [1.54, 1.807) is 0 Å². The van der Waals surface area contributed by atoms with Crippen LogP contribution in [0.3, 0.4) is 0 Å². The predicted molar refractivity (Wildman–Crippen MR) is 69.9 cm³/mol. The van der Waals surface area contributed by atoms with Crippen LogP contribution in [-0.4, -0.2) is 34.2 Å². The van der Waals surface area contributed by atoms with Crippen molar-refractivity contribution in [3.8, 4) is 0 Å². The molecule has 0 heterocycles. The molecule has 1 aromatic rings. The molecule has 0 aliphatic carbocycles. The number of hydrogen-bond donors (Lipinski definition) is 4. The van der Waals surface area contributed by atoms with Crippen LogP contribution in [0.1, 0.15) is 6.42 Å². The largest absolute Gasteiger partial charge is 0.481 e. The second-order valence-electron chi connectivity index (χ2n) is 3.71. The van der Waals surface area contributed by atoms with Crippen molar-refractivity contribution in [2.24, 2.45) is 0 Å². The Bertz CT molecular complexity index is 552. The summed E-state index contributed by atoms with van der Waals surface area (Å²) in [7, 11) is 0. The van der Waals surface area contributed by atoms with E-state index in [1.807, 2.05) is 5.32 Å². The zero-order chi connectivity index (χ0) is 15.3. The molecule has 0 saturated carbocycles. The minimum atomic E-state index is -1.58. The van der Waals surface area contributed by atoms with Gasteiger partial charge >= 0.3 is 18.0 Å². The molecular formula is C11H10BrFN2O5. The molecule has 1 rings (SSSR count). The molecule has 0 unspecified atom stereocenters. The molecule has 0 radical (unpaired) electrons. The molecule has 0 fully saturated rings. The smallest absolute Gasteiger partial charge is 0.326 e. The molecule has 20 heavy (non-hydrogen) atoms. The van der Waals surface area contributed by atoms with E-state index in [0.29, 0.717) is 4.47 Å². The third kappa shape index (κ3) is 4.84. The Hall–Kier alpha value is -2.16. The van der Waals surface area contributed by atoms with Gasteiger partial charge in [-0.25, -0.2) is 14.0 Å². The van der Waals surface area contributed by atoms with Crippen LogP contribution >= 0.6 is 15.9 Å². The summed E-state index contributed by atoms with van der Waals surface area (Å²) in [6.45, 7) is 0. The molecule has 2 amide bonds. The lowest BCUT2D eigenvalue weighted by atomic mass is 10.2. The molecule has 7 nitrogen and oxygen atoms in total. The standard InChI is InChI=1S/C11H10BrFN2O5/c12-6-2-1-5(13)3-7(6)14-11(20)15-8(10(18)19)4-9(16)17/h1-3,8H,4H2,(H,16,17)(H,18,19)(H2,14,15,20)/t8-/m1/s1. The minimum absolute atomic E-state index is 0.0852. The Balaban J connectivity index is 2.72. The van der Waals surface area contributed by atoms with E-state index in [1.165, 1.54) is 6.07 Å². The van der Waals surface area contributed by atoms with Gasteiger partial charge in [0.15, 0.2) is 0 Å². The summed E-state index contributed by atoms with van der Waals surface area (Å²) in [4.78, 5) is 32.8. The second-order valence-corrected chi connectivity index (χ2v) is 4.57. The Kier molecular flexibility index (Phi) is 5.44. The van der Waals surface area contributed by atoms with E-state index in [9.17, 15) is 18.8 Å². The number of carboxylic acid groups (broad SMARTS) is 2. The molecule has 0 aliphatic rings. The fourth-order valence-corrected chi connectivity index (χ4v) is 1.63. The molecule has 108 valence electrons. The summed E-state index contributed by atoms with van der Waals surface area (Å²) in [5.41, 5.74) is 0.0852. The first-order chi connectivity index (χ1) is 9.29. The number of amides is 2. The van der Waals surface area contributed by atoms with Crippen LogP contribution in [0.2, 0.25) is 0 Å². The van der Waals surface area contributed by atoms with E-state index in [4.69, 9.17) is 10.2 Å². The van der Waals surface area contributed by atoms with Crippen molar-refractivity contribution in [2.45, 2.75) is 12.5 Å². The van der Waals surface area contributed by atoms with Gasteiger partial charge in [-0.3, -0.25) is 4.79 Å². The van der Waals surface area contributed by atoms with Crippen LogP contribution in [0.15, 0.2) is 22.7 Å². The van der Waals surface area contributed by atoms with E-state index < -0.39 is 36.2 Å². The van der Waals surface area contributed by atoms with E-state index in [2.05, 4.69) is 21.2 Å². The highest BCUT2D eigenvalue weighted by Crippen LogP contribution is 2.22. The molecule has 0 aromatic heterocycles. The fraction of sp³-hybridized carbons (Fsp3) is 0.182. The van der Waals surface area contributed by atoms with Gasteiger partial charge in [0.2, 0.25) is 0 Å². The minimum Gasteiger partial charge on any atom is -0.481 e. The van der Waals surface area contributed by atoms with Crippen molar-refractivity contribution in [1.82, 2.24) is 5.32 Å². The van der Waals surface area contributed by atoms with Crippen molar-refractivity contribution in [2.75, 3.05) is 5.32 Å². The van der Waals surface area contributed by atoms with E-state index in [-0.39, 0.29) is 5.69 Å². The van der Waals surface area contributed by atoms with Crippen LogP contribution in [0.5, 0.6) is 0 Å². The van der Waals surface area contributed by atoms with Gasteiger partial charge in [-0.15, -0.1) is 0 Å². The highest BCUT2D eigenvalue weighted by Gasteiger charge is 2.23. The Labute approximate surface area is 120 Å². The zero-order valence-electron chi connectivity index (χ0n) is 9.89. The summed E-state index contributed by atoms with van der Waals surface area (Å²) in [5, 5.41) is 21.5. The summed E-state index contributed by atoms with van der Waals surface area (Å²) in [6.07, 6.45) is -0.771. The van der Waals surface area contributed by atoms with Gasteiger partial charge in [-0.2, -0.15) is 0 Å². The number of hydrogen-bond acceptors (Lipinski definition) is 3. The van der Waals surface area contributed by atoms with Crippen molar-refractivity contribution in [1.29, 1.82) is 0 Å². The van der Waals surface area contributed by atoms with Crippen molar-refractivity contribution in [3.63, 3.8) is 0 Å². The van der Waals surface area contributed by atoms with Gasteiger partial charge in [0.25, 0.3) is 0 Å². The van der Waals surface area contributed by atoms with Gasteiger partial charge in [0, 0.05) is 4.47 Å². The number of urea groups is 1. The first-order valence-electron chi connectivity index (χ1n) is 5.26. The van der Waals surface area contributed by atoms with Gasteiger partial charge in [-0.1, -0.05) is 0 Å². The molecular weight excluding hydrogens is 339 g/mol. The highest BCUT2D eigenvalue weighted by atomic mass is 79.9. The molecule has 9 heteroatoms. The van der Waals surface area contributed by atoms with E-state index in [0.717, 1.165) is 12.1 Å².